The maximum Gasteiger partial charge on any atom is 0.194 e. The third kappa shape index (κ3) is 6.05. The van der Waals surface area contributed by atoms with Crippen LogP contribution < -0.4 is 0 Å². The number of benzene rings is 1. The number of ether oxygens (including phenoxy) is 2. The van der Waals surface area contributed by atoms with E-state index < -0.39 is 0 Å². The van der Waals surface area contributed by atoms with Crippen LogP contribution in [0.3, 0.4) is 0 Å². The average molecular weight is 286 g/mol. The smallest absolute Gasteiger partial charge is 0.194 e. The summed E-state index contributed by atoms with van der Waals surface area (Å²) < 4.78 is 10.7. The normalized spacial score (nSPS) is 11.9. The number of rotatable bonds is 8. The van der Waals surface area contributed by atoms with Crippen molar-refractivity contribution < 1.29 is 14.3 Å². The van der Waals surface area contributed by atoms with Crippen LogP contribution in [0.5, 0.6) is 0 Å². The summed E-state index contributed by atoms with van der Waals surface area (Å²) in [6.45, 7) is 7.12. The maximum atomic E-state index is 5.83. The zero-order valence-electron chi connectivity index (χ0n) is 11.6. The summed E-state index contributed by atoms with van der Waals surface area (Å²) in [5, 5.41) is 4.74. The molecule has 0 heterocycles. The molecule has 0 bridgehead atoms. The predicted octanol–water partition coefficient (Wildman–Crippen LogP) is 3.48. The van der Waals surface area contributed by atoms with Crippen LogP contribution in [0.4, 0.5) is 0 Å². The lowest BCUT2D eigenvalue weighted by molar-refractivity contribution is -0.167. The summed E-state index contributed by atoms with van der Waals surface area (Å²) in [5.41, 5.74) is 1.75. The van der Waals surface area contributed by atoms with Gasteiger partial charge in [-0.3, -0.25) is 0 Å². The molecule has 0 saturated heterocycles. The Morgan fingerprint density at radius 2 is 1.74 bits per heavy atom. The molecule has 0 spiro atoms. The van der Waals surface area contributed by atoms with E-state index in [0.29, 0.717) is 18.2 Å². The molecule has 0 fully saturated rings. The highest BCUT2D eigenvalue weighted by molar-refractivity contribution is 6.30. The van der Waals surface area contributed by atoms with Crippen LogP contribution in [-0.4, -0.2) is 31.8 Å². The Hall–Kier alpha value is -1.10. The van der Waals surface area contributed by atoms with Gasteiger partial charge < -0.3 is 14.3 Å². The van der Waals surface area contributed by atoms with Gasteiger partial charge in [-0.15, -0.1) is 0 Å². The van der Waals surface area contributed by atoms with Crippen LogP contribution in [0.25, 0.3) is 0 Å². The van der Waals surface area contributed by atoms with E-state index in [2.05, 4.69) is 5.16 Å². The van der Waals surface area contributed by atoms with Crippen LogP contribution >= 0.6 is 11.6 Å². The number of oxime groups is 1. The molecule has 0 radical (unpaired) electrons. The summed E-state index contributed by atoms with van der Waals surface area (Å²) in [4.78, 5) is 5.25. The summed E-state index contributed by atoms with van der Waals surface area (Å²) in [6.07, 6.45) is -0.378. The van der Waals surface area contributed by atoms with E-state index in [-0.39, 0.29) is 12.9 Å². The lowest BCUT2D eigenvalue weighted by Crippen LogP contribution is -2.22. The molecular formula is C14H20ClNO3. The monoisotopic (exact) mass is 285 g/mol. The molecule has 0 unspecified atom stereocenters. The molecule has 0 aliphatic heterocycles. The predicted molar refractivity (Wildman–Crippen MR) is 76.7 cm³/mol. The molecule has 0 N–H and O–H groups in total. The first kappa shape index (κ1) is 16.0. The van der Waals surface area contributed by atoms with Gasteiger partial charge in [-0.1, -0.05) is 28.9 Å². The van der Waals surface area contributed by atoms with Crippen LogP contribution in [0.15, 0.2) is 29.4 Å². The minimum absolute atomic E-state index is 0.270. The van der Waals surface area contributed by atoms with Crippen LogP contribution in [-0.2, 0) is 14.3 Å². The molecule has 4 nitrogen and oxygen atoms in total. The maximum absolute atomic E-state index is 5.83. The molecule has 1 aromatic rings. The van der Waals surface area contributed by atoms with E-state index in [1.54, 1.807) is 0 Å². The Morgan fingerprint density at radius 3 is 2.26 bits per heavy atom. The highest BCUT2D eigenvalue weighted by atomic mass is 35.5. The molecule has 0 atom stereocenters. The number of nitrogens with zero attached hydrogens (tertiary/aromatic N) is 1. The topological polar surface area (TPSA) is 40.0 Å². The van der Waals surface area contributed by atoms with Gasteiger partial charge in [0.2, 0.25) is 0 Å². The van der Waals surface area contributed by atoms with Gasteiger partial charge >= 0.3 is 0 Å². The van der Waals surface area contributed by atoms with Gasteiger partial charge in [0.15, 0.2) is 12.9 Å². The zero-order valence-corrected chi connectivity index (χ0v) is 12.3. The van der Waals surface area contributed by atoms with E-state index in [1.165, 1.54) is 0 Å². The fourth-order valence-electron chi connectivity index (χ4n) is 1.45. The molecule has 0 aromatic heterocycles. The zero-order chi connectivity index (χ0) is 14.1. The average Bonchev–Trinajstić information content (AvgIpc) is 2.40. The second-order valence-corrected chi connectivity index (χ2v) is 4.26. The van der Waals surface area contributed by atoms with Crippen molar-refractivity contribution in [1.29, 1.82) is 0 Å². The van der Waals surface area contributed by atoms with Gasteiger partial charge in [0.25, 0.3) is 0 Å². The molecule has 5 heteroatoms. The first-order valence-electron chi connectivity index (χ1n) is 6.33. The Morgan fingerprint density at radius 1 is 1.16 bits per heavy atom. The largest absolute Gasteiger partial charge is 0.390 e. The summed E-state index contributed by atoms with van der Waals surface area (Å²) in [7, 11) is 0. The highest BCUT2D eigenvalue weighted by Gasteiger charge is 2.08. The molecule has 19 heavy (non-hydrogen) atoms. The quantitative estimate of drug-likeness (QED) is 0.417. The van der Waals surface area contributed by atoms with Crippen molar-refractivity contribution in [2.24, 2.45) is 5.16 Å². The number of halogens is 1. The molecule has 0 saturated carbocycles. The van der Waals surface area contributed by atoms with E-state index in [0.717, 1.165) is 11.3 Å². The van der Waals surface area contributed by atoms with Gasteiger partial charge in [-0.25, -0.2) is 0 Å². The first-order valence-corrected chi connectivity index (χ1v) is 6.70. The molecule has 0 amide bonds. The summed E-state index contributed by atoms with van der Waals surface area (Å²) in [6, 6.07) is 7.43. The summed E-state index contributed by atoms with van der Waals surface area (Å²) in [5.74, 6) is 0. The molecule has 1 aromatic carbocycles. The fraction of sp³-hybridized carbons (Fsp3) is 0.500. The Bertz CT molecular complexity index is 386. The second kappa shape index (κ2) is 8.91. The third-order valence-electron chi connectivity index (χ3n) is 2.38. The highest BCUT2D eigenvalue weighted by Crippen LogP contribution is 2.10. The second-order valence-electron chi connectivity index (χ2n) is 3.82. The van der Waals surface area contributed by atoms with E-state index >= 15 is 0 Å². The van der Waals surface area contributed by atoms with Crippen molar-refractivity contribution in [3.63, 3.8) is 0 Å². The van der Waals surface area contributed by atoms with Crippen LogP contribution in [0.1, 0.15) is 26.3 Å². The molecule has 1 rings (SSSR count). The lowest BCUT2D eigenvalue weighted by Gasteiger charge is -2.15. The molecule has 0 aliphatic carbocycles. The van der Waals surface area contributed by atoms with Crippen molar-refractivity contribution in [2.75, 3.05) is 19.8 Å². The van der Waals surface area contributed by atoms with E-state index in [4.69, 9.17) is 25.9 Å². The standard InChI is InChI=1S/C14H20ClNO3/c1-4-17-14(18-5-2)10-19-16-11(3)12-6-8-13(15)9-7-12/h6-9,14H,4-5,10H2,1-3H3/b16-11+. The fourth-order valence-corrected chi connectivity index (χ4v) is 1.58. The molecule has 0 aliphatic rings. The number of hydrogen-bond acceptors (Lipinski definition) is 4. The Labute approximate surface area is 119 Å². The van der Waals surface area contributed by atoms with Gasteiger partial charge in [0.1, 0.15) is 0 Å². The Balaban J connectivity index is 2.48. The van der Waals surface area contributed by atoms with Crippen molar-refractivity contribution in [3.8, 4) is 0 Å². The molecular weight excluding hydrogens is 266 g/mol. The van der Waals surface area contributed by atoms with Crippen molar-refractivity contribution in [3.05, 3.63) is 34.9 Å². The van der Waals surface area contributed by atoms with Crippen LogP contribution in [0, 0.1) is 0 Å². The molecule has 106 valence electrons. The summed E-state index contributed by atoms with van der Waals surface area (Å²) >= 11 is 5.83. The van der Waals surface area contributed by atoms with Gasteiger partial charge in [0.05, 0.1) is 5.71 Å². The third-order valence-corrected chi connectivity index (χ3v) is 2.63. The van der Waals surface area contributed by atoms with E-state index in [1.807, 2.05) is 45.0 Å². The van der Waals surface area contributed by atoms with Crippen molar-refractivity contribution >= 4 is 17.3 Å². The van der Waals surface area contributed by atoms with Gasteiger partial charge in [-0.05, 0) is 38.5 Å². The van der Waals surface area contributed by atoms with E-state index in [9.17, 15) is 0 Å². The minimum atomic E-state index is -0.378. The first-order chi connectivity index (χ1) is 9.17. The van der Waals surface area contributed by atoms with Crippen molar-refractivity contribution in [1.82, 2.24) is 0 Å². The SMILES string of the molecule is CCOC(CO/N=C(\C)c1ccc(Cl)cc1)OCC. The van der Waals surface area contributed by atoms with Crippen molar-refractivity contribution in [2.45, 2.75) is 27.1 Å². The number of hydrogen-bond donors (Lipinski definition) is 0. The van der Waals surface area contributed by atoms with Gasteiger partial charge in [0, 0.05) is 18.2 Å². The van der Waals surface area contributed by atoms with Crippen LogP contribution in [0.2, 0.25) is 5.02 Å². The Kier molecular flexibility index (Phi) is 7.48. The lowest BCUT2D eigenvalue weighted by atomic mass is 10.1. The minimum Gasteiger partial charge on any atom is -0.390 e. The van der Waals surface area contributed by atoms with Gasteiger partial charge in [-0.2, -0.15) is 0 Å².